The van der Waals surface area contributed by atoms with Crippen molar-refractivity contribution < 1.29 is 19.4 Å². The summed E-state index contributed by atoms with van der Waals surface area (Å²) in [6.07, 6.45) is 0. The second-order valence-electron chi connectivity index (χ2n) is 4.35. The van der Waals surface area contributed by atoms with Gasteiger partial charge in [-0.15, -0.1) is 0 Å². The van der Waals surface area contributed by atoms with Crippen LogP contribution in [0.5, 0.6) is 5.75 Å². The maximum absolute atomic E-state index is 11.6. The predicted molar refractivity (Wildman–Crippen MR) is 74.0 cm³/mol. The molecule has 0 fully saturated rings. The highest BCUT2D eigenvalue weighted by Gasteiger charge is 2.23. The first kappa shape index (κ1) is 15.5. The summed E-state index contributed by atoms with van der Waals surface area (Å²) in [5, 5.41) is 11.4. The van der Waals surface area contributed by atoms with Crippen molar-refractivity contribution in [2.24, 2.45) is 5.92 Å². The van der Waals surface area contributed by atoms with Crippen LogP contribution in [0.3, 0.4) is 0 Å². The number of benzene rings is 1. The average Bonchev–Trinajstić information content (AvgIpc) is 2.34. The largest absolute Gasteiger partial charge is 0.483 e. The minimum absolute atomic E-state index is 0.190. The van der Waals surface area contributed by atoms with Gasteiger partial charge in [0.2, 0.25) is 0 Å². The van der Waals surface area contributed by atoms with Crippen LogP contribution < -0.4 is 10.1 Å². The standard InChI is InChI=1S/C13H16BrNO4/c1-8(2)12(13(17)18)15-11(16)7-19-10-6-4-3-5-9(10)14/h3-6,8,12H,7H2,1-2H3,(H,15,16)(H,17,18). The zero-order chi connectivity index (χ0) is 14.4. The lowest BCUT2D eigenvalue weighted by molar-refractivity contribution is -0.143. The first-order valence-corrected chi connectivity index (χ1v) is 6.60. The van der Waals surface area contributed by atoms with E-state index in [1.807, 2.05) is 6.07 Å². The predicted octanol–water partition coefficient (Wildman–Crippen LogP) is 2.05. The summed E-state index contributed by atoms with van der Waals surface area (Å²) >= 11 is 3.29. The number of carboxylic acids is 1. The van der Waals surface area contributed by atoms with Crippen molar-refractivity contribution in [1.29, 1.82) is 0 Å². The van der Waals surface area contributed by atoms with Crippen molar-refractivity contribution in [3.8, 4) is 5.75 Å². The topological polar surface area (TPSA) is 75.6 Å². The molecule has 0 spiro atoms. The van der Waals surface area contributed by atoms with Gasteiger partial charge in [-0.2, -0.15) is 0 Å². The zero-order valence-electron chi connectivity index (χ0n) is 10.7. The van der Waals surface area contributed by atoms with E-state index in [4.69, 9.17) is 9.84 Å². The van der Waals surface area contributed by atoms with E-state index in [1.54, 1.807) is 32.0 Å². The highest BCUT2D eigenvalue weighted by atomic mass is 79.9. The summed E-state index contributed by atoms with van der Waals surface area (Å²) in [5.74, 6) is -1.17. The Morgan fingerprint density at radius 1 is 1.37 bits per heavy atom. The number of hydrogen-bond acceptors (Lipinski definition) is 3. The van der Waals surface area contributed by atoms with Crippen LogP contribution in [0.1, 0.15) is 13.8 Å². The second-order valence-corrected chi connectivity index (χ2v) is 5.20. The maximum atomic E-state index is 11.6. The van der Waals surface area contributed by atoms with Crippen LogP contribution in [0.25, 0.3) is 0 Å². The molecule has 1 aromatic rings. The Labute approximate surface area is 120 Å². The number of aliphatic carboxylic acids is 1. The molecule has 2 N–H and O–H groups in total. The normalized spacial score (nSPS) is 12.0. The van der Waals surface area contributed by atoms with E-state index in [0.717, 1.165) is 4.47 Å². The molecule has 1 unspecified atom stereocenters. The van der Waals surface area contributed by atoms with Crippen LogP contribution in [0, 0.1) is 5.92 Å². The Morgan fingerprint density at radius 2 is 2.00 bits per heavy atom. The number of nitrogens with one attached hydrogen (secondary N) is 1. The average molecular weight is 330 g/mol. The summed E-state index contributed by atoms with van der Waals surface area (Å²) in [4.78, 5) is 22.6. The van der Waals surface area contributed by atoms with Gasteiger partial charge in [0, 0.05) is 0 Å². The summed E-state index contributed by atoms with van der Waals surface area (Å²) < 4.78 is 6.04. The Bertz CT molecular complexity index is 462. The maximum Gasteiger partial charge on any atom is 0.326 e. The molecule has 0 aliphatic rings. The molecule has 1 atom stereocenters. The second kappa shape index (κ2) is 7.13. The monoisotopic (exact) mass is 329 g/mol. The van der Waals surface area contributed by atoms with Gasteiger partial charge in [-0.25, -0.2) is 4.79 Å². The zero-order valence-corrected chi connectivity index (χ0v) is 12.3. The van der Waals surface area contributed by atoms with Gasteiger partial charge in [0.05, 0.1) is 4.47 Å². The van der Waals surface area contributed by atoms with Crippen LogP contribution in [0.15, 0.2) is 28.7 Å². The molecule has 0 saturated carbocycles. The number of hydrogen-bond donors (Lipinski definition) is 2. The molecule has 104 valence electrons. The summed E-state index contributed by atoms with van der Waals surface area (Å²) in [6.45, 7) is 3.24. The Balaban J connectivity index is 2.52. The van der Waals surface area contributed by atoms with Gasteiger partial charge in [0.25, 0.3) is 5.91 Å². The smallest absolute Gasteiger partial charge is 0.326 e. The molecule has 0 aliphatic carbocycles. The Morgan fingerprint density at radius 3 is 2.53 bits per heavy atom. The minimum atomic E-state index is -1.05. The van der Waals surface area contributed by atoms with Gasteiger partial charge in [-0.1, -0.05) is 26.0 Å². The molecule has 0 aliphatic heterocycles. The lowest BCUT2D eigenvalue weighted by Crippen LogP contribution is -2.46. The number of carbonyl (C=O) groups is 2. The van der Waals surface area contributed by atoms with E-state index in [0.29, 0.717) is 5.75 Å². The van der Waals surface area contributed by atoms with Crippen molar-refractivity contribution >= 4 is 27.8 Å². The van der Waals surface area contributed by atoms with Crippen LogP contribution in [0.2, 0.25) is 0 Å². The van der Waals surface area contributed by atoms with Gasteiger partial charge in [-0.3, -0.25) is 4.79 Å². The molecule has 0 saturated heterocycles. The van der Waals surface area contributed by atoms with Crippen LogP contribution in [0.4, 0.5) is 0 Å². The number of rotatable bonds is 6. The molecule has 1 amide bonds. The van der Waals surface area contributed by atoms with E-state index in [-0.39, 0.29) is 12.5 Å². The quantitative estimate of drug-likeness (QED) is 0.837. The SMILES string of the molecule is CC(C)C(NC(=O)COc1ccccc1Br)C(=O)O. The molecule has 0 heterocycles. The van der Waals surface area contributed by atoms with Crippen molar-refractivity contribution in [3.63, 3.8) is 0 Å². The van der Waals surface area contributed by atoms with Crippen molar-refractivity contribution in [2.45, 2.75) is 19.9 Å². The number of halogens is 1. The van der Waals surface area contributed by atoms with Gasteiger partial charge >= 0.3 is 5.97 Å². The van der Waals surface area contributed by atoms with E-state index >= 15 is 0 Å². The molecule has 5 nitrogen and oxygen atoms in total. The number of carbonyl (C=O) groups excluding carboxylic acids is 1. The fourth-order valence-corrected chi connectivity index (χ4v) is 1.83. The molecule has 1 aromatic carbocycles. The van der Waals surface area contributed by atoms with Gasteiger partial charge < -0.3 is 15.2 Å². The molecule has 0 radical (unpaired) electrons. The van der Waals surface area contributed by atoms with E-state index in [9.17, 15) is 9.59 Å². The van der Waals surface area contributed by atoms with Gasteiger partial charge in [0.1, 0.15) is 11.8 Å². The fourth-order valence-electron chi connectivity index (χ4n) is 1.43. The first-order valence-electron chi connectivity index (χ1n) is 5.81. The fraction of sp³-hybridized carbons (Fsp3) is 0.385. The summed E-state index contributed by atoms with van der Waals surface area (Å²) in [5.41, 5.74) is 0. The lowest BCUT2D eigenvalue weighted by Gasteiger charge is -2.18. The van der Waals surface area contributed by atoms with Gasteiger partial charge in [-0.05, 0) is 34.0 Å². The highest BCUT2D eigenvalue weighted by molar-refractivity contribution is 9.10. The lowest BCUT2D eigenvalue weighted by atomic mass is 10.1. The molecular weight excluding hydrogens is 314 g/mol. The molecule has 0 bridgehead atoms. The molecule has 6 heteroatoms. The summed E-state index contributed by atoms with van der Waals surface area (Å²) in [6, 6.07) is 6.22. The van der Waals surface area contributed by atoms with E-state index < -0.39 is 17.9 Å². The van der Waals surface area contributed by atoms with Crippen LogP contribution in [-0.4, -0.2) is 29.6 Å². The summed E-state index contributed by atoms with van der Waals surface area (Å²) in [7, 11) is 0. The van der Waals surface area contributed by atoms with Crippen molar-refractivity contribution in [3.05, 3.63) is 28.7 Å². The molecule has 19 heavy (non-hydrogen) atoms. The Hall–Kier alpha value is -1.56. The third-order valence-corrected chi connectivity index (χ3v) is 3.10. The van der Waals surface area contributed by atoms with Crippen LogP contribution >= 0.6 is 15.9 Å². The molecule has 0 aromatic heterocycles. The number of carboxylic acid groups (broad SMARTS) is 1. The van der Waals surface area contributed by atoms with Crippen LogP contribution in [-0.2, 0) is 9.59 Å². The molecular formula is C13H16BrNO4. The first-order chi connectivity index (χ1) is 8.91. The van der Waals surface area contributed by atoms with Crippen molar-refractivity contribution in [2.75, 3.05) is 6.61 Å². The Kier molecular flexibility index (Phi) is 5.82. The van der Waals surface area contributed by atoms with Gasteiger partial charge in [0.15, 0.2) is 6.61 Å². The van der Waals surface area contributed by atoms with E-state index in [2.05, 4.69) is 21.2 Å². The number of para-hydroxylation sites is 1. The number of amides is 1. The van der Waals surface area contributed by atoms with E-state index in [1.165, 1.54) is 0 Å². The third-order valence-electron chi connectivity index (χ3n) is 2.44. The number of ether oxygens (including phenoxy) is 1. The molecule has 1 rings (SSSR count). The minimum Gasteiger partial charge on any atom is -0.483 e. The third kappa shape index (κ3) is 4.90. The highest BCUT2D eigenvalue weighted by Crippen LogP contribution is 2.23. The van der Waals surface area contributed by atoms with Crippen molar-refractivity contribution in [1.82, 2.24) is 5.32 Å².